The average Bonchev–Trinajstić information content (AvgIpc) is 2.70. The molecule has 0 amide bonds. The first-order valence-corrected chi connectivity index (χ1v) is 9.74. The van der Waals surface area contributed by atoms with Crippen molar-refractivity contribution >= 4 is 11.6 Å². The zero-order valence-electron chi connectivity index (χ0n) is 16.2. The van der Waals surface area contributed by atoms with E-state index in [2.05, 4.69) is 27.4 Å². The number of nitro groups is 1. The van der Waals surface area contributed by atoms with E-state index in [1.54, 1.807) is 12.1 Å². The van der Waals surface area contributed by atoms with E-state index < -0.39 is 0 Å². The molecule has 1 saturated heterocycles. The number of guanidine groups is 1. The van der Waals surface area contributed by atoms with Crippen LogP contribution in [0.15, 0.2) is 29.3 Å². The summed E-state index contributed by atoms with van der Waals surface area (Å²) in [4.78, 5) is 17.4. The van der Waals surface area contributed by atoms with Gasteiger partial charge in [0, 0.05) is 38.3 Å². The Bertz CT molecular complexity index is 586. The van der Waals surface area contributed by atoms with Gasteiger partial charge in [0.2, 0.25) is 0 Å². The van der Waals surface area contributed by atoms with Crippen LogP contribution in [0.3, 0.4) is 0 Å². The lowest BCUT2D eigenvalue weighted by atomic mass is 10.2. The van der Waals surface area contributed by atoms with Crippen molar-refractivity contribution in [1.82, 2.24) is 15.5 Å². The van der Waals surface area contributed by atoms with Crippen molar-refractivity contribution in [3.8, 4) is 0 Å². The van der Waals surface area contributed by atoms with Gasteiger partial charge in [-0.1, -0.05) is 25.5 Å². The van der Waals surface area contributed by atoms with E-state index in [1.807, 2.05) is 0 Å². The smallest absolute Gasteiger partial charge is 0.269 e. The van der Waals surface area contributed by atoms with Gasteiger partial charge in [-0.2, -0.15) is 0 Å². The second-order valence-electron chi connectivity index (χ2n) is 6.60. The fourth-order valence-electron chi connectivity index (χ4n) is 2.79. The van der Waals surface area contributed by atoms with Crippen molar-refractivity contribution in [2.24, 2.45) is 4.99 Å². The molecule has 2 rings (SSSR count). The number of nitro benzene ring substituents is 1. The molecule has 0 spiro atoms. The lowest BCUT2D eigenvalue weighted by molar-refractivity contribution is -0.384. The second-order valence-corrected chi connectivity index (χ2v) is 6.60. The summed E-state index contributed by atoms with van der Waals surface area (Å²) in [5.74, 6) is 0.795. The van der Waals surface area contributed by atoms with Crippen LogP contribution in [0.5, 0.6) is 0 Å². The number of hydrogen-bond donors (Lipinski definition) is 2. The summed E-state index contributed by atoms with van der Waals surface area (Å²) in [6, 6.07) is 6.54. The third kappa shape index (κ3) is 8.36. The molecule has 2 N–H and O–H groups in total. The van der Waals surface area contributed by atoms with Crippen LogP contribution in [-0.2, 0) is 11.3 Å². The van der Waals surface area contributed by atoms with Crippen LogP contribution in [0, 0.1) is 10.1 Å². The number of morpholine rings is 1. The van der Waals surface area contributed by atoms with Gasteiger partial charge in [-0.15, -0.1) is 0 Å². The van der Waals surface area contributed by atoms with Crippen molar-refractivity contribution in [2.75, 3.05) is 45.9 Å². The Labute approximate surface area is 161 Å². The largest absolute Gasteiger partial charge is 0.379 e. The van der Waals surface area contributed by atoms with E-state index in [9.17, 15) is 10.1 Å². The third-order valence-electron chi connectivity index (χ3n) is 4.44. The summed E-state index contributed by atoms with van der Waals surface area (Å²) in [7, 11) is 0. The molecule has 1 heterocycles. The molecule has 0 saturated carbocycles. The minimum Gasteiger partial charge on any atom is -0.379 e. The first-order valence-electron chi connectivity index (χ1n) is 9.74. The Morgan fingerprint density at radius 1 is 1.19 bits per heavy atom. The maximum absolute atomic E-state index is 10.7. The summed E-state index contributed by atoms with van der Waals surface area (Å²) in [6.45, 7) is 9.12. The van der Waals surface area contributed by atoms with Crippen LogP contribution >= 0.6 is 0 Å². The number of benzene rings is 1. The lowest BCUT2D eigenvalue weighted by Crippen LogP contribution is -2.41. The van der Waals surface area contributed by atoms with Crippen molar-refractivity contribution < 1.29 is 9.66 Å². The summed E-state index contributed by atoms with van der Waals surface area (Å²) >= 11 is 0. The van der Waals surface area contributed by atoms with Crippen LogP contribution < -0.4 is 10.6 Å². The second kappa shape index (κ2) is 12.2. The van der Waals surface area contributed by atoms with Crippen LogP contribution in [0.25, 0.3) is 0 Å². The summed E-state index contributed by atoms with van der Waals surface area (Å²) < 4.78 is 5.37. The Morgan fingerprint density at radius 2 is 1.85 bits per heavy atom. The van der Waals surface area contributed by atoms with Crippen LogP contribution in [0.2, 0.25) is 0 Å². The first kappa shape index (κ1) is 21.1. The SMILES string of the molecule is CCCCNC(=NCc1ccc([N+](=O)[O-])cc1)NCCCN1CCOCC1. The zero-order valence-corrected chi connectivity index (χ0v) is 16.2. The van der Waals surface area contributed by atoms with Gasteiger partial charge in [0.25, 0.3) is 5.69 Å². The van der Waals surface area contributed by atoms with Crippen LogP contribution in [0.4, 0.5) is 5.69 Å². The fraction of sp³-hybridized carbons (Fsp3) is 0.632. The number of rotatable bonds is 10. The molecule has 0 atom stereocenters. The molecule has 0 radical (unpaired) electrons. The average molecular weight is 377 g/mol. The Morgan fingerprint density at radius 3 is 2.48 bits per heavy atom. The van der Waals surface area contributed by atoms with Crippen molar-refractivity contribution in [3.05, 3.63) is 39.9 Å². The van der Waals surface area contributed by atoms with E-state index >= 15 is 0 Å². The van der Waals surface area contributed by atoms with Gasteiger partial charge in [-0.25, -0.2) is 4.99 Å². The highest BCUT2D eigenvalue weighted by atomic mass is 16.6. The molecule has 0 aromatic heterocycles. The van der Waals surface area contributed by atoms with Crippen LogP contribution in [0.1, 0.15) is 31.7 Å². The monoisotopic (exact) mass is 377 g/mol. The Kier molecular flexibility index (Phi) is 9.57. The van der Waals surface area contributed by atoms with Gasteiger partial charge in [-0.3, -0.25) is 15.0 Å². The third-order valence-corrected chi connectivity index (χ3v) is 4.44. The molecule has 27 heavy (non-hydrogen) atoms. The highest BCUT2D eigenvalue weighted by Crippen LogP contribution is 2.12. The molecular weight excluding hydrogens is 346 g/mol. The van der Waals surface area contributed by atoms with E-state index in [4.69, 9.17) is 4.74 Å². The molecule has 0 aliphatic carbocycles. The maximum Gasteiger partial charge on any atom is 0.269 e. The molecule has 0 unspecified atom stereocenters. The van der Waals surface area contributed by atoms with Gasteiger partial charge in [0.15, 0.2) is 5.96 Å². The first-order chi connectivity index (χ1) is 13.2. The van der Waals surface area contributed by atoms with Crippen molar-refractivity contribution in [3.63, 3.8) is 0 Å². The molecule has 8 heteroatoms. The molecule has 1 aromatic rings. The molecule has 1 fully saturated rings. The van der Waals surface area contributed by atoms with Crippen LogP contribution in [-0.4, -0.2) is 61.7 Å². The predicted molar refractivity (Wildman–Crippen MR) is 107 cm³/mol. The number of unbranched alkanes of at least 4 members (excludes halogenated alkanes) is 1. The van der Waals surface area contributed by atoms with Gasteiger partial charge < -0.3 is 15.4 Å². The van der Waals surface area contributed by atoms with Crippen molar-refractivity contribution in [1.29, 1.82) is 0 Å². The highest BCUT2D eigenvalue weighted by Gasteiger charge is 2.09. The molecule has 1 aliphatic heterocycles. The normalized spacial score (nSPS) is 15.5. The number of non-ortho nitro benzene ring substituents is 1. The standard InChI is InChI=1S/C19H31N5O3/c1-2-3-9-20-19(21-10-4-11-23-12-14-27-15-13-23)22-16-17-5-7-18(8-6-17)24(25)26/h5-8H,2-4,9-16H2,1H3,(H2,20,21,22). The number of nitrogens with zero attached hydrogens (tertiary/aromatic N) is 3. The molecule has 8 nitrogen and oxygen atoms in total. The van der Waals surface area contributed by atoms with Gasteiger partial charge in [-0.05, 0) is 24.9 Å². The summed E-state index contributed by atoms with van der Waals surface area (Å²) in [5.41, 5.74) is 1.05. The topological polar surface area (TPSA) is 92.0 Å². The summed E-state index contributed by atoms with van der Waals surface area (Å²) in [5, 5.41) is 17.5. The van der Waals surface area contributed by atoms with Gasteiger partial charge in [0.05, 0.1) is 24.7 Å². The number of aliphatic imine (C=N–C) groups is 1. The Hall–Kier alpha value is -2.19. The molecule has 1 aromatic carbocycles. The highest BCUT2D eigenvalue weighted by molar-refractivity contribution is 5.79. The van der Waals surface area contributed by atoms with Gasteiger partial charge in [0.1, 0.15) is 0 Å². The number of ether oxygens (including phenoxy) is 1. The minimum absolute atomic E-state index is 0.102. The molecular formula is C19H31N5O3. The molecule has 1 aliphatic rings. The van der Waals surface area contributed by atoms with E-state index in [0.29, 0.717) is 6.54 Å². The van der Waals surface area contributed by atoms with Gasteiger partial charge >= 0.3 is 0 Å². The number of nitrogens with one attached hydrogen (secondary N) is 2. The quantitative estimate of drug-likeness (QED) is 0.213. The Balaban J connectivity index is 1.80. The lowest BCUT2D eigenvalue weighted by Gasteiger charge is -2.26. The predicted octanol–water partition coefficient (Wildman–Crippen LogP) is 2.15. The number of hydrogen-bond acceptors (Lipinski definition) is 5. The molecule has 150 valence electrons. The summed E-state index contributed by atoms with van der Waals surface area (Å²) in [6.07, 6.45) is 3.26. The molecule has 0 bridgehead atoms. The maximum atomic E-state index is 10.7. The van der Waals surface area contributed by atoms with Crippen molar-refractivity contribution in [2.45, 2.75) is 32.7 Å². The van der Waals surface area contributed by atoms with E-state index in [1.165, 1.54) is 12.1 Å². The van der Waals surface area contributed by atoms with E-state index in [-0.39, 0.29) is 10.6 Å². The fourth-order valence-corrected chi connectivity index (χ4v) is 2.79. The van der Waals surface area contributed by atoms with E-state index in [0.717, 1.165) is 76.7 Å². The zero-order chi connectivity index (χ0) is 19.3. The minimum atomic E-state index is -0.388.